The third-order valence-corrected chi connectivity index (χ3v) is 3.35. The molecule has 22 heavy (non-hydrogen) atoms. The molecule has 1 aromatic heterocycles. The summed E-state index contributed by atoms with van der Waals surface area (Å²) in [5.74, 6) is 0.470. The van der Waals surface area contributed by atoms with E-state index < -0.39 is 6.04 Å². The van der Waals surface area contributed by atoms with E-state index in [0.29, 0.717) is 19.4 Å². The van der Waals surface area contributed by atoms with Gasteiger partial charge in [-0.1, -0.05) is 19.1 Å². The number of hydrogen-bond acceptors (Lipinski definition) is 3. The number of amides is 2. The minimum Gasteiger partial charge on any atom is -0.354 e. The van der Waals surface area contributed by atoms with Crippen molar-refractivity contribution < 1.29 is 9.59 Å². The summed E-state index contributed by atoms with van der Waals surface area (Å²) in [6.45, 7) is 4.29. The molecule has 2 aromatic rings. The summed E-state index contributed by atoms with van der Waals surface area (Å²) < 4.78 is 0. The van der Waals surface area contributed by atoms with Gasteiger partial charge in [0.2, 0.25) is 11.8 Å². The second kappa shape index (κ2) is 7.59. The van der Waals surface area contributed by atoms with Crippen molar-refractivity contribution in [3.8, 4) is 0 Å². The van der Waals surface area contributed by atoms with Crippen LogP contribution in [0.5, 0.6) is 0 Å². The number of rotatable bonds is 7. The van der Waals surface area contributed by atoms with Gasteiger partial charge in [0.05, 0.1) is 11.0 Å². The van der Waals surface area contributed by atoms with Gasteiger partial charge < -0.3 is 15.6 Å². The Kier molecular flexibility index (Phi) is 5.52. The van der Waals surface area contributed by atoms with Crippen LogP contribution in [0.1, 0.15) is 32.5 Å². The molecule has 0 unspecified atom stereocenters. The third kappa shape index (κ3) is 4.31. The Morgan fingerprint density at radius 2 is 2.09 bits per heavy atom. The van der Waals surface area contributed by atoms with Crippen molar-refractivity contribution in [1.82, 2.24) is 20.6 Å². The number of fused-ring (bicyclic) bond motifs is 1. The maximum absolute atomic E-state index is 11.9. The molecular formula is C16H22N4O2. The fraction of sp³-hybridized carbons (Fsp3) is 0.438. The molecule has 1 aromatic carbocycles. The van der Waals surface area contributed by atoms with Crippen molar-refractivity contribution in [3.05, 3.63) is 30.1 Å². The predicted octanol–water partition coefficient (Wildman–Crippen LogP) is 1.53. The Labute approximate surface area is 129 Å². The number of nitrogens with zero attached hydrogens (tertiary/aromatic N) is 1. The Morgan fingerprint density at radius 3 is 2.82 bits per heavy atom. The van der Waals surface area contributed by atoms with Gasteiger partial charge in [-0.15, -0.1) is 0 Å². The zero-order valence-electron chi connectivity index (χ0n) is 13.0. The number of aromatic amines is 1. The van der Waals surface area contributed by atoms with Crippen LogP contribution in [-0.4, -0.2) is 34.4 Å². The van der Waals surface area contributed by atoms with Gasteiger partial charge in [0.25, 0.3) is 0 Å². The van der Waals surface area contributed by atoms with E-state index in [4.69, 9.17) is 0 Å². The van der Waals surface area contributed by atoms with Crippen molar-refractivity contribution in [1.29, 1.82) is 0 Å². The maximum atomic E-state index is 11.9. The van der Waals surface area contributed by atoms with E-state index in [9.17, 15) is 9.59 Å². The Balaban J connectivity index is 1.81. The van der Waals surface area contributed by atoms with Crippen molar-refractivity contribution in [2.75, 3.05) is 6.54 Å². The summed E-state index contributed by atoms with van der Waals surface area (Å²) in [5, 5.41) is 5.46. The van der Waals surface area contributed by atoms with Gasteiger partial charge in [0, 0.05) is 19.4 Å². The van der Waals surface area contributed by atoms with Gasteiger partial charge in [-0.2, -0.15) is 0 Å². The number of hydrogen-bond donors (Lipinski definition) is 3. The van der Waals surface area contributed by atoms with E-state index in [1.165, 1.54) is 0 Å². The van der Waals surface area contributed by atoms with E-state index in [0.717, 1.165) is 23.3 Å². The first kappa shape index (κ1) is 16.0. The molecule has 1 atom stereocenters. The fourth-order valence-electron chi connectivity index (χ4n) is 2.14. The van der Waals surface area contributed by atoms with E-state index >= 15 is 0 Å². The highest BCUT2D eigenvalue weighted by atomic mass is 16.2. The molecule has 2 rings (SSSR count). The standard InChI is InChI=1S/C16H22N4O2/c1-3-10-17-16(22)11(2)18-15(21)9-8-14-19-12-6-4-5-7-13(12)20-14/h4-7,11H,3,8-10H2,1-2H3,(H,17,22)(H,18,21)(H,19,20)/t11-/m0/s1. The largest absolute Gasteiger partial charge is 0.354 e. The number of carbonyl (C=O) groups is 2. The number of H-pyrrole nitrogens is 1. The van der Waals surface area contributed by atoms with E-state index in [1.807, 2.05) is 31.2 Å². The lowest BCUT2D eigenvalue weighted by atomic mass is 10.2. The van der Waals surface area contributed by atoms with Gasteiger partial charge in [-0.3, -0.25) is 9.59 Å². The summed E-state index contributed by atoms with van der Waals surface area (Å²) >= 11 is 0. The van der Waals surface area contributed by atoms with Crippen LogP contribution in [0.25, 0.3) is 11.0 Å². The summed E-state index contributed by atoms with van der Waals surface area (Å²) in [5.41, 5.74) is 1.86. The summed E-state index contributed by atoms with van der Waals surface area (Å²) in [6, 6.07) is 7.22. The highest BCUT2D eigenvalue weighted by Crippen LogP contribution is 2.11. The van der Waals surface area contributed by atoms with Gasteiger partial charge in [-0.05, 0) is 25.5 Å². The number of aryl methyl sites for hydroxylation is 1. The average molecular weight is 302 g/mol. The zero-order chi connectivity index (χ0) is 15.9. The van der Waals surface area contributed by atoms with Crippen LogP contribution in [0, 0.1) is 0 Å². The molecule has 0 aliphatic carbocycles. The molecule has 118 valence electrons. The molecule has 0 radical (unpaired) electrons. The van der Waals surface area contributed by atoms with Crippen molar-refractivity contribution in [2.24, 2.45) is 0 Å². The monoisotopic (exact) mass is 302 g/mol. The molecule has 1 heterocycles. The molecule has 0 aliphatic heterocycles. The molecule has 0 aliphatic rings. The van der Waals surface area contributed by atoms with Crippen LogP contribution in [0.4, 0.5) is 0 Å². The molecule has 2 amide bonds. The van der Waals surface area contributed by atoms with E-state index in [1.54, 1.807) is 6.92 Å². The molecule has 0 spiro atoms. The molecule has 6 heteroatoms. The number of nitrogens with one attached hydrogen (secondary N) is 3. The third-order valence-electron chi connectivity index (χ3n) is 3.35. The lowest BCUT2D eigenvalue weighted by Gasteiger charge is -2.13. The lowest BCUT2D eigenvalue weighted by Crippen LogP contribution is -2.45. The number of carbonyl (C=O) groups excluding carboxylic acids is 2. The van der Waals surface area contributed by atoms with Crippen molar-refractivity contribution in [3.63, 3.8) is 0 Å². The van der Waals surface area contributed by atoms with Gasteiger partial charge in [0.1, 0.15) is 11.9 Å². The molecule has 6 nitrogen and oxygen atoms in total. The van der Waals surface area contributed by atoms with Crippen LogP contribution >= 0.6 is 0 Å². The number of aromatic nitrogens is 2. The fourth-order valence-corrected chi connectivity index (χ4v) is 2.14. The highest BCUT2D eigenvalue weighted by Gasteiger charge is 2.15. The first-order chi connectivity index (χ1) is 10.6. The van der Waals surface area contributed by atoms with E-state index in [-0.39, 0.29) is 11.8 Å². The van der Waals surface area contributed by atoms with Gasteiger partial charge >= 0.3 is 0 Å². The smallest absolute Gasteiger partial charge is 0.242 e. The molecular weight excluding hydrogens is 280 g/mol. The normalized spacial score (nSPS) is 12.1. The van der Waals surface area contributed by atoms with Gasteiger partial charge in [-0.25, -0.2) is 4.98 Å². The highest BCUT2D eigenvalue weighted by molar-refractivity contribution is 5.87. The number of imidazole rings is 1. The predicted molar refractivity (Wildman–Crippen MR) is 85.3 cm³/mol. The molecule has 0 saturated heterocycles. The Hall–Kier alpha value is -2.37. The minimum atomic E-state index is -0.519. The number of benzene rings is 1. The van der Waals surface area contributed by atoms with Crippen LogP contribution in [-0.2, 0) is 16.0 Å². The van der Waals surface area contributed by atoms with Crippen molar-refractivity contribution in [2.45, 2.75) is 39.2 Å². The second-order valence-electron chi connectivity index (χ2n) is 5.28. The summed E-state index contributed by atoms with van der Waals surface area (Å²) in [4.78, 5) is 31.2. The summed E-state index contributed by atoms with van der Waals surface area (Å²) in [6.07, 6.45) is 1.69. The Bertz CT molecular complexity index is 617. The second-order valence-corrected chi connectivity index (χ2v) is 5.28. The first-order valence-corrected chi connectivity index (χ1v) is 7.61. The van der Waals surface area contributed by atoms with Crippen LogP contribution in [0.2, 0.25) is 0 Å². The maximum Gasteiger partial charge on any atom is 0.242 e. The molecule has 3 N–H and O–H groups in total. The first-order valence-electron chi connectivity index (χ1n) is 7.61. The SMILES string of the molecule is CCCNC(=O)[C@H](C)NC(=O)CCc1nc2ccccc2[nH]1. The van der Waals surface area contributed by atoms with Crippen molar-refractivity contribution >= 4 is 22.8 Å². The number of para-hydroxylation sites is 2. The molecule has 0 saturated carbocycles. The molecule has 0 fully saturated rings. The van der Waals surface area contributed by atoms with Gasteiger partial charge in [0.15, 0.2) is 0 Å². The molecule has 0 bridgehead atoms. The zero-order valence-corrected chi connectivity index (χ0v) is 13.0. The topological polar surface area (TPSA) is 86.9 Å². The average Bonchev–Trinajstić information content (AvgIpc) is 2.93. The minimum absolute atomic E-state index is 0.153. The lowest BCUT2D eigenvalue weighted by molar-refractivity contribution is -0.128. The summed E-state index contributed by atoms with van der Waals surface area (Å²) in [7, 11) is 0. The Morgan fingerprint density at radius 1 is 1.32 bits per heavy atom. The van der Waals surface area contributed by atoms with Crippen LogP contribution < -0.4 is 10.6 Å². The quantitative estimate of drug-likeness (QED) is 0.725. The van der Waals surface area contributed by atoms with Crippen LogP contribution in [0.15, 0.2) is 24.3 Å². The van der Waals surface area contributed by atoms with E-state index in [2.05, 4.69) is 20.6 Å². The van der Waals surface area contributed by atoms with Crippen LogP contribution in [0.3, 0.4) is 0 Å².